The predicted molar refractivity (Wildman–Crippen MR) is 493 cm³/mol. The summed E-state index contributed by atoms with van der Waals surface area (Å²) in [5, 5.41) is 5.91. The molecular formula is C103H130N12O9+2. The van der Waals surface area contributed by atoms with E-state index >= 15 is 0 Å². The number of carbonyl (C=O) groups is 7. The van der Waals surface area contributed by atoms with Crippen LogP contribution in [0.5, 0.6) is 0 Å². The minimum atomic E-state index is -0.839. The third kappa shape index (κ3) is 25.6. The van der Waals surface area contributed by atoms with Crippen molar-refractivity contribution in [3.05, 3.63) is 281 Å². The minimum absolute atomic E-state index is 0.00134. The van der Waals surface area contributed by atoms with E-state index in [0.29, 0.717) is 48.4 Å². The fraction of sp³-hybridized carbons (Fsp3) is 0.417. The number of amides is 7. The van der Waals surface area contributed by atoms with Crippen molar-refractivity contribution in [1.82, 2.24) is 34.4 Å². The van der Waals surface area contributed by atoms with Gasteiger partial charge < -0.3 is 34.0 Å². The normalized spacial score (nSPS) is 16.0. The van der Waals surface area contributed by atoms with Gasteiger partial charge in [0.05, 0.1) is 106 Å². The molecule has 1 unspecified atom stereocenters. The zero-order valence-corrected chi connectivity index (χ0v) is 73.9. The Bertz CT molecular complexity index is 4830. The molecule has 8 aromatic carbocycles. The van der Waals surface area contributed by atoms with Crippen LogP contribution in [0.1, 0.15) is 174 Å². The molecule has 1 aromatic heterocycles. The molecule has 21 heteroatoms. The summed E-state index contributed by atoms with van der Waals surface area (Å²) in [6.07, 6.45) is 17.3. The molecule has 9 aromatic rings. The number of imide groups is 2. The van der Waals surface area contributed by atoms with Crippen LogP contribution >= 0.6 is 0 Å². The molecular weight excluding hydrogens is 1550 g/mol. The first-order valence-corrected chi connectivity index (χ1v) is 45.1. The molecule has 7 amide bonds. The lowest BCUT2D eigenvalue weighted by Crippen LogP contribution is -2.49. The number of nitrogens with two attached hydrogens (primary N) is 1. The van der Waals surface area contributed by atoms with E-state index in [0.717, 1.165) is 188 Å². The van der Waals surface area contributed by atoms with Crippen molar-refractivity contribution in [1.29, 1.82) is 0 Å². The quantitative estimate of drug-likeness (QED) is 0.0186. The third-order valence-electron chi connectivity index (χ3n) is 25.5. The highest BCUT2D eigenvalue weighted by molar-refractivity contribution is 6.22. The summed E-state index contributed by atoms with van der Waals surface area (Å²) in [7, 11) is 11.0. The van der Waals surface area contributed by atoms with Crippen LogP contribution in [0.3, 0.4) is 0 Å². The Balaban J connectivity index is 0.000000171. The zero-order chi connectivity index (χ0) is 87.3. The molecule has 6 heterocycles. The maximum atomic E-state index is 13.3. The Morgan fingerprint density at radius 3 is 1.26 bits per heavy atom. The minimum Gasteiger partial charge on any atom is -0.446 e. The fourth-order valence-corrected chi connectivity index (χ4v) is 17.9. The van der Waals surface area contributed by atoms with E-state index in [1.54, 1.807) is 48.5 Å². The molecule has 0 saturated carbocycles. The lowest BCUT2D eigenvalue weighted by atomic mass is 9.64. The van der Waals surface area contributed by atoms with Gasteiger partial charge in [-0.1, -0.05) is 220 Å². The number of nitrogens with zero attached hydrogens (tertiary/aromatic N) is 9. The highest BCUT2D eigenvalue weighted by atomic mass is 16.6. The van der Waals surface area contributed by atoms with E-state index in [2.05, 4.69) is 77.5 Å². The van der Waals surface area contributed by atoms with Crippen LogP contribution in [0, 0.1) is 5.92 Å². The average molecular weight is 1680 g/mol. The second kappa shape index (κ2) is 45.6. The second-order valence-corrected chi connectivity index (χ2v) is 35.3. The Hall–Kier alpha value is -11.0. The number of fused-ring (bicyclic) bond motifs is 2. The van der Waals surface area contributed by atoms with Crippen LogP contribution in [0.2, 0.25) is 0 Å². The van der Waals surface area contributed by atoms with Crippen molar-refractivity contribution in [2.45, 2.75) is 140 Å². The van der Waals surface area contributed by atoms with E-state index in [4.69, 9.17) is 20.2 Å². The number of hydrogen-bond acceptors (Lipinski definition) is 14. The molecule has 124 heavy (non-hydrogen) atoms. The summed E-state index contributed by atoms with van der Waals surface area (Å²) in [6.45, 7) is 16.9. The Morgan fingerprint density at radius 1 is 0.419 bits per heavy atom. The molecule has 0 radical (unpaired) electrons. The summed E-state index contributed by atoms with van der Waals surface area (Å²) >= 11 is 0. The SMILES string of the molecule is CC[N+](C)(C)CCCCCCCCCN1CCC(OC(=O)Nc2ccccc2-c2ccccc2)CC1.CN(CCN1C(=O)c2ccccc2C1=O)Cc1cccc(CN2CCC(OC(=O)Nc3ccccc3-c3ccccc3)CC2)n1.C[N+](C)(CCCCCCN1CCC(C(C(N)=O)(c2ccccc2)c2ccccc2)C1)CCN1C(=O)c2ccccc2C1=O. The number of primary amides is 1. The van der Waals surface area contributed by atoms with Crippen LogP contribution in [-0.2, 0) is 32.8 Å². The standard InChI is InChI=1S/C36H37N5O4.C36H44N4O3.C31H47N3O2/c1-39(22-23-41-34(42)31-15-5-6-16-32(31)35(41)43)24-27-12-9-13-28(37-27)25-40-20-18-29(19-21-40)45-36(44)38-33-17-8-7-14-30(33)26-10-3-2-4-11-26;1-40(2,26-24-39-33(41)31-19-11-12-20-32(31)34(39)42)25-14-4-3-13-22-38-23-21-30(27-38)36(35(37)43,28-15-7-5-8-16-28)29-17-9-6-10-18-29;1-4-34(2,3)26-16-9-7-5-6-8-15-23-33-24-21-28(22-25-33)36-31(35)32-30-20-14-13-19-29(30)27-17-11-10-12-18-27/h2-17,29H,18-25H2,1H3,(H,38,44);5-12,15-20,30H,3-4,13-14,21-27H2,1-2H3,(H-,37,43);10-14,17-20,28H,4-9,15-16,21-26H2,1-3H3/p+2. The van der Waals surface area contributed by atoms with Crippen LogP contribution in [0.25, 0.3) is 22.3 Å². The van der Waals surface area contributed by atoms with Gasteiger partial charge >= 0.3 is 12.2 Å². The number of rotatable bonds is 38. The van der Waals surface area contributed by atoms with Crippen molar-refractivity contribution in [3.63, 3.8) is 0 Å². The molecule has 14 rings (SSSR count). The number of unbranched alkanes of at least 4 members (excludes halogenated alkanes) is 9. The number of carbonyl (C=O) groups excluding carboxylic acids is 7. The van der Waals surface area contributed by atoms with Gasteiger partial charge in [0.2, 0.25) is 5.91 Å². The van der Waals surface area contributed by atoms with Gasteiger partial charge in [-0.2, -0.15) is 0 Å². The first-order valence-electron chi connectivity index (χ1n) is 45.1. The monoisotopic (exact) mass is 1680 g/mol. The molecule has 0 aliphatic carbocycles. The maximum absolute atomic E-state index is 13.3. The number of para-hydroxylation sites is 2. The van der Waals surface area contributed by atoms with Crippen LogP contribution in [0.4, 0.5) is 21.0 Å². The van der Waals surface area contributed by atoms with Crippen molar-refractivity contribution in [2.75, 3.05) is 144 Å². The van der Waals surface area contributed by atoms with Gasteiger partial charge in [0.25, 0.3) is 23.6 Å². The first-order chi connectivity index (χ1) is 60.1. The number of pyridine rings is 1. The first kappa shape index (κ1) is 92.1. The lowest BCUT2D eigenvalue weighted by molar-refractivity contribution is -0.889. The number of nitrogens with one attached hydrogen (secondary N) is 2. The maximum Gasteiger partial charge on any atom is 0.411 e. The largest absolute Gasteiger partial charge is 0.446 e. The van der Waals surface area contributed by atoms with Gasteiger partial charge in [-0.25, -0.2) is 9.59 Å². The number of anilines is 2. The highest BCUT2D eigenvalue weighted by Crippen LogP contribution is 2.44. The Labute approximate surface area is 735 Å². The van der Waals surface area contributed by atoms with Gasteiger partial charge in [-0.05, 0) is 181 Å². The zero-order valence-electron chi connectivity index (χ0n) is 73.9. The van der Waals surface area contributed by atoms with Gasteiger partial charge in [0.15, 0.2) is 0 Å². The van der Waals surface area contributed by atoms with Crippen molar-refractivity contribution in [3.8, 4) is 22.3 Å². The molecule has 3 fully saturated rings. The molecule has 654 valence electrons. The fourth-order valence-electron chi connectivity index (χ4n) is 17.9. The number of likely N-dealkylation sites (N-methyl/N-ethyl adjacent to an activating group) is 2. The van der Waals surface area contributed by atoms with Crippen molar-refractivity contribution < 1.29 is 52.0 Å². The van der Waals surface area contributed by atoms with E-state index in [1.165, 1.54) is 74.4 Å². The van der Waals surface area contributed by atoms with E-state index < -0.39 is 11.5 Å². The van der Waals surface area contributed by atoms with Gasteiger partial charge in [-0.15, -0.1) is 0 Å². The topological polar surface area (TPSA) is 220 Å². The van der Waals surface area contributed by atoms with Crippen LogP contribution in [0.15, 0.2) is 237 Å². The summed E-state index contributed by atoms with van der Waals surface area (Å²) in [5.74, 6) is -0.967. The molecule has 3 saturated heterocycles. The molecule has 1 atom stereocenters. The predicted octanol–water partition coefficient (Wildman–Crippen LogP) is 17.6. The number of ether oxygens (including phenoxy) is 2. The van der Waals surface area contributed by atoms with Gasteiger partial charge in [0.1, 0.15) is 17.6 Å². The smallest absolute Gasteiger partial charge is 0.411 e. The number of aromatic nitrogens is 1. The molecule has 0 bridgehead atoms. The van der Waals surface area contributed by atoms with Crippen molar-refractivity contribution in [2.24, 2.45) is 11.7 Å². The molecule has 5 aliphatic rings. The molecule has 5 aliphatic heterocycles. The molecule has 0 spiro atoms. The summed E-state index contributed by atoms with van der Waals surface area (Å²) in [6, 6.07) is 75.9. The highest BCUT2D eigenvalue weighted by Gasteiger charge is 2.50. The number of benzene rings is 8. The van der Waals surface area contributed by atoms with Crippen LogP contribution in [-0.4, -0.2) is 231 Å². The number of quaternary nitrogens is 2. The second-order valence-electron chi connectivity index (χ2n) is 35.3. The van der Waals surface area contributed by atoms with Crippen molar-refractivity contribution >= 4 is 53.1 Å². The summed E-state index contributed by atoms with van der Waals surface area (Å²) in [4.78, 5) is 106. The molecule has 4 N–H and O–H groups in total. The lowest BCUT2D eigenvalue weighted by Gasteiger charge is -2.37. The number of hydrogen-bond donors (Lipinski definition) is 3. The summed E-state index contributed by atoms with van der Waals surface area (Å²) in [5.41, 5.74) is 16.8. The third-order valence-corrected chi connectivity index (χ3v) is 25.5. The average Bonchev–Trinajstić information content (AvgIpc) is 1.30. The van der Waals surface area contributed by atoms with Gasteiger partial charge in [0, 0.05) is 70.0 Å². The summed E-state index contributed by atoms with van der Waals surface area (Å²) < 4.78 is 13.5. The van der Waals surface area contributed by atoms with Crippen LogP contribution < -0.4 is 16.4 Å². The van der Waals surface area contributed by atoms with E-state index in [-0.39, 0.29) is 53.8 Å². The van der Waals surface area contributed by atoms with Gasteiger partial charge in [-0.3, -0.25) is 59.2 Å². The Kier molecular flexibility index (Phi) is 33.9. The molecule has 21 nitrogen and oxygen atoms in total. The Morgan fingerprint density at radius 2 is 0.798 bits per heavy atom. The number of piperidine rings is 2. The van der Waals surface area contributed by atoms with E-state index in [9.17, 15) is 33.6 Å². The number of likely N-dealkylation sites (tertiary alicyclic amines) is 3. The van der Waals surface area contributed by atoms with E-state index in [1.807, 2.05) is 183 Å².